The summed E-state index contributed by atoms with van der Waals surface area (Å²) >= 11 is 0. The number of allylic oxidation sites excluding steroid dienone is 1. The van der Waals surface area contributed by atoms with Crippen molar-refractivity contribution in [1.29, 1.82) is 0 Å². The standard InChI is InChI=1S/C23H23N3O/c1-23(2)11-19-21(20(27)12-23)22(26-18-10-6-5-9-17(18)25-19)15-13-24-16-8-4-3-7-14(15)16/h3-11,13,21-22,24-26H,12H2,1-2H3/t21-,22+/m1/s1. The van der Waals surface area contributed by atoms with Gasteiger partial charge in [-0.25, -0.2) is 0 Å². The number of Topliss-reactive ketones (excluding diaryl/α,β-unsaturated/α-hetero) is 1. The van der Waals surface area contributed by atoms with Gasteiger partial charge < -0.3 is 15.6 Å². The summed E-state index contributed by atoms with van der Waals surface area (Å²) in [4.78, 5) is 16.6. The molecule has 0 bridgehead atoms. The Labute approximate surface area is 158 Å². The van der Waals surface area contributed by atoms with Crippen LogP contribution in [-0.2, 0) is 4.79 Å². The maximum Gasteiger partial charge on any atom is 0.145 e. The Morgan fingerprint density at radius 2 is 1.74 bits per heavy atom. The minimum absolute atomic E-state index is 0.118. The van der Waals surface area contributed by atoms with Crippen molar-refractivity contribution in [3.05, 3.63) is 72.1 Å². The van der Waals surface area contributed by atoms with Gasteiger partial charge in [0.15, 0.2) is 0 Å². The quantitative estimate of drug-likeness (QED) is 0.558. The Kier molecular flexibility index (Phi) is 3.44. The first kappa shape index (κ1) is 16.2. The Morgan fingerprint density at radius 1 is 1.00 bits per heavy atom. The number of aromatic amines is 1. The van der Waals surface area contributed by atoms with E-state index in [9.17, 15) is 4.79 Å². The SMILES string of the molecule is CC1(C)C=C2Nc3ccccc3N[C@@H](c3c[nH]c4ccccc34)[C@H]2C(=O)C1. The topological polar surface area (TPSA) is 56.9 Å². The molecule has 1 aliphatic heterocycles. The third-order valence-corrected chi connectivity index (χ3v) is 5.66. The van der Waals surface area contributed by atoms with Gasteiger partial charge in [-0.1, -0.05) is 50.3 Å². The van der Waals surface area contributed by atoms with Gasteiger partial charge in [0.1, 0.15) is 5.78 Å². The van der Waals surface area contributed by atoms with Gasteiger partial charge in [-0.15, -0.1) is 0 Å². The third kappa shape index (κ3) is 2.64. The highest BCUT2D eigenvalue weighted by Crippen LogP contribution is 2.46. The molecule has 136 valence electrons. The highest BCUT2D eigenvalue weighted by molar-refractivity contribution is 5.92. The molecule has 0 radical (unpaired) electrons. The number of benzene rings is 2. The van der Waals surface area contributed by atoms with Crippen LogP contribution in [0.5, 0.6) is 0 Å². The number of H-pyrrole nitrogens is 1. The van der Waals surface area contributed by atoms with Crippen molar-refractivity contribution in [1.82, 2.24) is 4.98 Å². The molecule has 2 aliphatic rings. The lowest BCUT2D eigenvalue weighted by molar-refractivity contribution is -0.124. The average molecular weight is 357 g/mol. The molecule has 1 aliphatic carbocycles. The summed E-state index contributed by atoms with van der Waals surface area (Å²) < 4.78 is 0. The molecule has 5 rings (SSSR count). The van der Waals surface area contributed by atoms with E-state index in [1.54, 1.807) is 0 Å². The molecule has 0 saturated carbocycles. The molecule has 3 aromatic rings. The highest BCUT2D eigenvalue weighted by Gasteiger charge is 2.42. The zero-order valence-electron chi connectivity index (χ0n) is 15.5. The number of carbonyl (C=O) groups is 1. The maximum absolute atomic E-state index is 13.3. The van der Waals surface area contributed by atoms with E-state index in [1.807, 2.05) is 30.5 Å². The molecular formula is C23H23N3O. The molecule has 2 atom stereocenters. The van der Waals surface area contributed by atoms with Crippen molar-refractivity contribution in [2.45, 2.75) is 26.3 Å². The van der Waals surface area contributed by atoms with Crippen molar-refractivity contribution in [3.8, 4) is 0 Å². The van der Waals surface area contributed by atoms with Crippen LogP contribution in [0.1, 0.15) is 31.9 Å². The number of anilines is 2. The number of para-hydroxylation sites is 3. The molecule has 2 aromatic carbocycles. The van der Waals surface area contributed by atoms with Gasteiger partial charge in [-0.05, 0) is 23.6 Å². The Hall–Kier alpha value is -3.01. The summed E-state index contributed by atoms with van der Waals surface area (Å²) in [6.45, 7) is 4.25. The van der Waals surface area contributed by atoms with E-state index >= 15 is 0 Å². The van der Waals surface area contributed by atoms with Crippen LogP contribution in [0, 0.1) is 11.3 Å². The Bertz CT molecular complexity index is 1080. The second-order valence-electron chi connectivity index (χ2n) is 8.29. The van der Waals surface area contributed by atoms with Crippen LogP contribution in [0.3, 0.4) is 0 Å². The largest absolute Gasteiger partial charge is 0.375 e. The highest BCUT2D eigenvalue weighted by atomic mass is 16.1. The van der Waals surface area contributed by atoms with E-state index in [1.165, 1.54) is 0 Å². The Balaban J connectivity index is 1.72. The fourth-order valence-corrected chi connectivity index (χ4v) is 4.51. The number of ketones is 1. The van der Waals surface area contributed by atoms with E-state index in [-0.39, 0.29) is 23.2 Å². The molecule has 0 spiro atoms. The van der Waals surface area contributed by atoms with Gasteiger partial charge in [-0.3, -0.25) is 4.79 Å². The fraction of sp³-hybridized carbons (Fsp3) is 0.261. The van der Waals surface area contributed by atoms with Gasteiger partial charge >= 0.3 is 0 Å². The van der Waals surface area contributed by atoms with Crippen molar-refractivity contribution in [2.24, 2.45) is 11.3 Å². The van der Waals surface area contributed by atoms with Gasteiger partial charge in [0.2, 0.25) is 0 Å². The first-order chi connectivity index (χ1) is 13.0. The van der Waals surface area contributed by atoms with Crippen LogP contribution in [-0.4, -0.2) is 10.8 Å². The molecule has 3 N–H and O–H groups in total. The average Bonchev–Trinajstić information content (AvgIpc) is 2.97. The minimum Gasteiger partial charge on any atom is -0.375 e. The molecule has 4 nitrogen and oxygen atoms in total. The summed E-state index contributed by atoms with van der Waals surface area (Å²) in [5.74, 6) is 0.0465. The second kappa shape index (κ2) is 5.74. The van der Waals surface area contributed by atoms with E-state index in [4.69, 9.17) is 0 Å². The molecule has 1 aromatic heterocycles. The number of hydrogen-bond acceptors (Lipinski definition) is 3. The molecule has 4 heteroatoms. The van der Waals surface area contributed by atoms with Gasteiger partial charge in [-0.2, -0.15) is 0 Å². The first-order valence-electron chi connectivity index (χ1n) is 9.46. The van der Waals surface area contributed by atoms with E-state index in [2.05, 4.69) is 59.8 Å². The zero-order valence-corrected chi connectivity index (χ0v) is 15.5. The number of fused-ring (bicyclic) bond motifs is 3. The van der Waals surface area contributed by atoms with Crippen molar-refractivity contribution < 1.29 is 4.79 Å². The van der Waals surface area contributed by atoms with Crippen molar-refractivity contribution in [2.75, 3.05) is 10.6 Å². The summed E-state index contributed by atoms with van der Waals surface area (Å²) in [7, 11) is 0. The van der Waals surface area contributed by atoms with E-state index < -0.39 is 0 Å². The Morgan fingerprint density at radius 3 is 2.59 bits per heavy atom. The summed E-state index contributed by atoms with van der Waals surface area (Å²) in [6, 6.07) is 16.3. The number of hydrogen-bond donors (Lipinski definition) is 3. The van der Waals surface area contributed by atoms with Gasteiger partial charge in [0.05, 0.1) is 23.3 Å². The van der Waals surface area contributed by atoms with Crippen molar-refractivity contribution in [3.63, 3.8) is 0 Å². The molecule has 2 heterocycles. The molecular weight excluding hydrogens is 334 g/mol. The number of carbonyl (C=O) groups excluding carboxylic acids is 1. The lowest BCUT2D eigenvalue weighted by Gasteiger charge is -2.35. The van der Waals surface area contributed by atoms with Gasteiger partial charge in [0.25, 0.3) is 0 Å². The lowest BCUT2D eigenvalue weighted by atomic mass is 9.72. The number of aromatic nitrogens is 1. The van der Waals surface area contributed by atoms with Crippen LogP contribution < -0.4 is 10.6 Å². The van der Waals surface area contributed by atoms with Crippen molar-refractivity contribution >= 4 is 28.1 Å². The normalized spacial score (nSPS) is 23.5. The van der Waals surface area contributed by atoms with Crippen LogP contribution in [0.4, 0.5) is 11.4 Å². The minimum atomic E-state index is -0.232. The van der Waals surface area contributed by atoms with Crippen LogP contribution in [0.15, 0.2) is 66.5 Å². The molecule has 27 heavy (non-hydrogen) atoms. The number of nitrogens with one attached hydrogen (secondary N) is 3. The van der Waals surface area contributed by atoms with Crippen LogP contribution in [0.25, 0.3) is 10.9 Å². The zero-order chi connectivity index (χ0) is 18.6. The molecule has 0 saturated heterocycles. The van der Waals surface area contributed by atoms with E-state index in [0.717, 1.165) is 33.5 Å². The fourth-order valence-electron chi connectivity index (χ4n) is 4.51. The van der Waals surface area contributed by atoms with Crippen LogP contribution in [0.2, 0.25) is 0 Å². The molecule has 0 unspecified atom stereocenters. The van der Waals surface area contributed by atoms with E-state index in [0.29, 0.717) is 6.42 Å². The summed E-state index contributed by atoms with van der Waals surface area (Å²) in [5.41, 5.74) is 5.13. The summed E-state index contributed by atoms with van der Waals surface area (Å²) in [5, 5.41) is 8.38. The third-order valence-electron chi connectivity index (χ3n) is 5.66. The molecule has 0 amide bonds. The lowest BCUT2D eigenvalue weighted by Crippen LogP contribution is -2.36. The monoisotopic (exact) mass is 357 g/mol. The summed E-state index contributed by atoms with van der Waals surface area (Å²) in [6.07, 6.45) is 4.84. The first-order valence-corrected chi connectivity index (χ1v) is 9.46. The molecule has 0 fully saturated rings. The second-order valence-corrected chi connectivity index (χ2v) is 8.29. The predicted octanol–water partition coefficient (Wildman–Crippen LogP) is 5.25. The number of rotatable bonds is 1. The smallest absolute Gasteiger partial charge is 0.145 e. The van der Waals surface area contributed by atoms with Crippen LogP contribution >= 0.6 is 0 Å². The maximum atomic E-state index is 13.3. The van der Waals surface area contributed by atoms with Gasteiger partial charge in [0, 0.05) is 34.8 Å². The predicted molar refractivity (Wildman–Crippen MR) is 110 cm³/mol.